The average Bonchev–Trinajstić information content (AvgIpc) is 3.14. The number of fused-ring (bicyclic) bond motifs is 3. The first kappa shape index (κ1) is 17.1. The maximum absolute atomic E-state index is 9.97. The van der Waals surface area contributed by atoms with Crippen LogP contribution in [-0.4, -0.2) is 35.2 Å². The Kier molecular flexibility index (Phi) is 5.11. The summed E-state index contributed by atoms with van der Waals surface area (Å²) in [6.07, 6.45) is 5.94. The van der Waals surface area contributed by atoms with Crippen molar-refractivity contribution in [2.75, 3.05) is 13.1 Å². The van der Waals surface area contributed by atoms with Crippen molar-refractivity contribution in [3.05, 3.63) is 51.7 Å². The van der Waals surface area contributed by atoms with E-state index >= 15 is 0 Å². The van der Waals surface area contributed by atoms with E-state index in [1.165, 1.54) is 22.4 Å². The Morgan fingerprint density at radius 1 is 1.32 bits per heavy atom. The largest absolute Gasteiger partial charge is 0.508 e. The van der Waals surface area contributed by atoms with Crippen molar-refractivity contribution in [3.63, 3.8) is 0 Å². The second-order valence-corrected chi connectivity index (χ2v) is 8.31. The summed E-state index contributed by atoms with van der Waals surface area (Å²) in [6, 6.07) is 10.6. The van der Waals surface area contributed by atoms with Gasteiger partial charge in [0.1, 0.15) is 5.75 Å². The highest BCUT2D eigenvalue weighted by Gasteiger charge is 2.40. The maximum atomic E-state index is 9.97. The van der Waals surface area contributed by atoms with Gasteiger partial charge in [-0.1, -0.05) is 19.1 Å². The van der Waals surface area contributed by atoms with Crippen molar-refractivity contribution in [3.8, 4) is 5.75 Å². The lowest BCUT2D eigenvalue weighted by Crippen LogP contribution is -2.52. The molecule has 1 aliphatic carbocycles. The van der Waals surface area contributed by atoms with Gasteiger partial charge in [-0.15, -0.1) is 11.3 Å². The zero-order valence-corrected chi connectivity index (χ0v) is 15.7. The number of phenols is 1. The van der Waals surface area contributed by atoms with E-state index in [1.807, 2.05) is 17.4 Å². The molecule has 2 aromatic rings. The topological polar surface area (TPSA) is 32.7 Å². The molecule has 1 unspecified atom stereocenters. The number of rotatable bonds is 5. The molecule has 3 nitrogen and oxygen atoms in total. The molecule has 1 fully saturated rings. The molecule has 2 heterocycles. The highest BCUT2D eigenvalue weighted by molar-refractivity contribution is 7.09. The second kappa shape index (κ2) is 7.48. The third-order valence-electron chi connectivity index (χ3n) is 5.54. The van der Waals surface area contributed by atoms with Gasteiger partial charge >= 0.3 is 0 Å². The summed E-state index contributed by atoms with van der Waals surface area (Å²) in [5, 5.41) is 12.1. The van der Waals surface area contributed by atoms with Gasteiger partial charge in [0.15, 0.2) is 0 Å². The van der Waals surface area contributed by atoms with E-state index in [1.54, 1.807) is 6.07 Å². The predicted octanol–water partition coefficient (Wildman–Crippen LogP) is 4.55. The SMILES string of the molecule is CCCN1CC(CCc2cccs2)O[C@@H]2c3cc(O)ccc3CC[C@H]21. The van der Waals surface area contributed by atoms with Gasteiger partial charge in [-0.25, -0.2) is 0 Å². The Balaban J connectivity index is 1.55. The Labute approximate surface area is 154 Å². The van der Waals surface area contributed by atoms with Gasteiger partial charge in [-0.2, -0.15) is 0 Å². The fourth-order valence-corrected chi connectivity index (χ4v) is 5.11. The maximum Gasteiger partial charge on any atom is 0.115 e. The van der Waals surface area contributed by atoms with Crippen LogP contribution in [0.25, 0.3) is 0 Å². The second-order valence-electron chi connectivity index (χ2n) is 7.28. The molecule has 1 saturated heterocycles. The minimum Gasteiger partial charge on any atom is -0.508 e. The molecular weight excluding hydrogens is 330 g/mol. The molecule has 0 radical (unpaired) electrons. The van der Waals surface area contributed by atoms with Gasteiger partial charge in [-0.05, 0) is 73.4 Å². The lowest BCUT2D eigenvalue weighted by molar-refractivity contribution is -0.130. The molecule has 4 rings (SSSR count). The zero-order chi connectivity index (χ0) is 17.2. The van der Waals surface area contributed by atoms with Crippen LogP contribution in [0.3, 0.4) is 0 Å². The number of phenolic OH excluding ortho intramolecular Hbond substituents is 1. The molecule has 1 N–H and O–H groups in total. The fourth-order valence-electron chi connectivity index (χ4n) is 4.38. The minimum atomic E-state index is 0.101. The number of hydrogen-bond acceptors (Lipinski definition) is 4. The van der Waals surface area contributed by atoms with Crippen LogP contribution < -0.4 is 0 Å². The zero-order valence-electron chi connectivity index (χ0n) is 14.9. The van der Waals surface area contributed by atoms with Crippen LogP contribution in [0.2, 0.25) is 0 Å². The van der Waals surface area contributed by atoms with E-state index in [0.717, 1.165) is 38.8 Å². The minimum absolute atomic E-state index is 0.101. The number of morpholine rings is 1. The van der Waals surface area contributed by atoms with Crippen molar-refractivity contribution in [2.24, 2.45) is 0 Å². The summed E-state index contributed by atoms with van der Waals surface area (Å²) in [7, 11) is 0. The molecule has 1 aliphatic heterocycles. The van der Waals surface area contributed by atoms with Gasteiger partial charge in [0, 0.05) is 17.5 Å². The number of aryl methyl sites for hydroxylation is 2. The summed E-state index contributed by atoms with van der Waals surface area (Å²) < 4.78 is 6.60. The molecule has 1 aromatic heterocycles. The van der Waals surface area contributed by atoms with Crippen LogP contribution in [0.4, 0.5) is 0 Å². The summed E-state index contributed by atoms with van der Waals surface area (Å²) in [5.74, 6) is 0.353. The van der Waals surface area contributed by atoms with Crippen molar-refractivity contribution in [1.82, 2.24) is 4.90 Å². The van der Waals surface area contributed by atoms with Crippen molar-refractivity contribution >= 4 is 11.3 Å². The first-order valence-electron chi connectivity index (χ1n) is 9.48. The van der Waals surface area contributed by atoms with E-state index in [2.05, 4.69) is 35.4 Å². The molecule has 25 heavy (non-hydrogen) atoms. The average molecular weight is 358 g/mol. The number of benzene rings is 1. The normalized spacial score (nSPS) is 26.2. The van der Waals surface area contributed by atoms with Gasteiger partial charge in [0.05, 0.1) is 12.2 Å². The van der Waals surface area contributed by atoms with Crippen LogP contribution in [0, 0.1) is 0 Å². The molecule has 2 aliphatic rings. The van der Waals surface area contributed by atoms with Crippen molar-refractivity contribution in [2.45, 2.75) is 57.3 Å². The monoisotopic (exact) mass is 357 g/mol. The lowest BCUT2D eigenvalue weighted by atomic mass is 9.83. The van der Waals surface area contributed by atoms with Gasteiger partial charge in [0.2, 0.25) is 0 Å². The van der Waals surface area contributed by atoms with Crippen LogP contribution >= 0.6 is 11.3 Å². The molecule has 0 saturated carbocycles. The molecule has 0 amide bonds. The van der Waals surface area contributed by atoms with Crippen LogP contribution in [-0.2, 0) is 17.6 Å². The summed E-state index contributed by atoms with van der Waals surface area (Å²) >= 11 is 1.83. The Hall–Kier alpha value is -1.36. The molecular formula is C21H27NO2S. The van der Waals surface area contributed by atoms with E-state index < -0.39 is 0 Å². The van der Waals surface area contributed by atoms with E-state index in [-0.39, 0.29) is 12.2 Å². The number of ether oxygens (including phenoxy) is 1. The number of hydrogen-bond donors (Lipinski definition) is 1. The van der Waals surface area contributed by atoms with Crippen molar-refractivity contribution in [1.29, 1.82) is 0 Å². The molecule has 0 spiro atoms. The van der Waals surface area contributed by atoms with E-state index in [9.17, 15) is 5.11 Å². The smallest absolute Gasteiger partial charge is 0.115 e. The number of aromatic hydroxyl groups is 1. The third-order valence-corrected chi connectivity index (χ3v) is 6.48. The molecule has 1 aromatic carbocycles. The predicted molar refractivity (Wildman–Crippen MR) is 102 cm³/mol. The van der Waals surface area contributed by atoms with E-state index in [0.29, 0.717) is 11.8 Å². The van der Waals surface area contributed by atoms with E-state index in [4.69, 9.17) is 4.74 Å². The molecule has 4 heteroatoms. The fraction of sp³-hybridized carbons (Fsp3) is 0.524. The Morgan fingerprint density at radius 2 is 2.24 bits per heavy atom. The first-order valence-corrected chi connectivity index (χ1v) is 10.4. The summed E-state index contributed by atoms with van der Waals surface area (Å²) in [4.78, 5) is 4.08. The molecule has 3 atom stereocenters. The van der Waals surface area contributed by atoms with Crippen LogP contribution in [0.15, 0.2) is 35.7 Å². The highest BCUT2D eigenvalue weighted by atomic mass is 32.1. The van der Waals surface area contributed by atoms with Gasteiger partial charge in [-0.3, -0.25) is 4.90 Å². The molecule has 134 valence electrons. The standard InChI is InChI=1S/C21H27NO2S/c1-2-11-22-14-17(8-9-18-4-3-12-25-18)24-21-19-13-16(23)7-5-15(19)6-10-20(21)22/h3-5,7,12-13,17,20-21,23H,2,6,8-11,14H2,1H3/t17?,20-,21-/m1/s1. The Morgan fingerprint density at radius 3 is 3.04 bits per heavy atom. The van der Waals surface area contributed by atoms with Gasteiger partial charge in [0.25, 0.3) is 0 Å². The quantitative estimate of drug-likeness (QED) is 0.852. The first-order chi connectivity index (χ1) is 12.2. The summed E-state index contributed by atoms with van der Waals surface area (Å²) in [5.41, 5.74) is 2.55. The van der Waals surface area contributed by atoms with Crippen LogP contribution in [0.1, 0.15) is 48.3 Å². The van der Waals surface area contributed by atoms with Gasteiger partial charge < -0.3 is 9.84 Å². The third kappa shape index (κ3) is 3.62. The summed E-state index contributed by atoms with van der Waals surface area (Å²) in [6.45, 7) is 4.43. The van der Waals surface area contributed by atoms with Crippen molar-refractivity contribution < 1.29 is 9.84 Å². The van der Waals surface area contributed by atoms with Crippen LogP contribution in [0.5, 0.6) is 5.75 Å². The lowest BCUT2D eigenvalue weighted by Gasteiger charge is -2.47. The number of nitrogens with zero attached hydrogens (tertiary/aromatic N) is 1. The Bertz CT molecular complexity index is 700. The number of thiophene rings is 1. The molecule has 0 bridgehead atoms. The highest BCUT2D eigenvalue weighted by Crippen LogP contribution is 2.41.